The molecule has 0 heterocycles. The van der Waals surface area contributed by atoms with Gasteiger partial charge in [-0.15, -0.1) is 0 Å². The van der Waals surface area contributed by atoms with Gasteiger partial charge in [-0.3, -0.25) is 0 Å². The van der Waals surface area contributed by atoms with Gasteiger partial charge in [-0.1, -0.05) is 43.3 Å². The Morgan fingerprint density at radius 2 is 1.82 bits per heavy atom. The average molecular weight is 225 g/mol. The summed E-state index contributed by atoms with van der Waals surface area (Å²) < 4.78 is 5.62. The van der Waals surface area contributed by atoms with Crippen LogP contribution in [0.15, 0.2) is 42.5 Å². The molecule has 0 spiro atoms. The van der Waals surface area contributed by atoms with E-state index in [-0.39, 0.29) is 0 Å². The number of aryl methyl sites for hydroxylation is 1. The van der Waals surface area contributed by atoms with Gasteiger partial charge in [0.25, 0.3) is 0 Å². The van der Waals surface area contributed by atoms with Gasteiger partial charge in [-0.05, 0) is 36.6 Å². The summed E-state index contributed by atoms with van der Waals surface area (Å²) in [7, 11) is 0. The molecular formula is C16H17O. The number of ether oxygens (including phenoxy) is 1. The Kier molecular flexibility index (Phi) is 3.81. The van der Waals surface area contributed by atoms with E-state index in [4.69, 9.17) is 4.74 Å². The number of rotatable bonds is 4. The highest BCUT2D eigenvalue weighted by molar-refractivity contribution is 5.69. The third-order valence-corrected chi connectivity index (χ3v) is 2.77. The fourth-order valence-electron chi connectivity index (χ4n) is 1.83. The highest BCUT2D eigenvalue weighted by Gasteiger charge is 2.05. The van der Waals surface area contributed by atoms with E-state index in [2.05, 4.69) is 37.3 Å². The van der Waals surface area contributed by atoms with Crippen LogP contribution in [0.25, 0.3) is 11.1 Å². The topological polar surface area (TPSA) is 9.23 Å². The molecule has 0 saturated heterocycles. The molecule has 0 saturated carbocycles. The summed E-state index contributed by atoms with van der Waals surface area (Å²) in [6.45, 7) is 4.84. The predicted octanol–water partition coefficient (Wildman–Crippen LogP) is 4.11. The highest BCUT2D eigenvalue weighted by atomic mass is 16.5. The van der Waals surface area contributed by atoms with Gasteiger partial charge in [0.2, 0.25) is 0 Å². The van der Waals surface area contributed by atoms with E-state index < -0.39 is 0 Å². The van der Waals surface area contributed by atoms with Gasteiger partial charge in [-0.2, -0.15) is 0 Å². The second-order valence-electron chi connectivity index (χ2n) is 3.89. The van der Waals surface area contributed by atoms with Crippen molar-refractivity contribution in [2.24, 2.45) is 0 Å². The Hall–Kier alpha value is -1.76. The van der Waals surface area contributed by atoms with E-state index >= 15 is 0 Å². The van der Waals surface area contributed by atoms with Crippen LogP contribution >= 0.6 is 0 Å². The lowest BCUT2D eigenvalue weighted by Crippen LogP contribution is -1.94. The number of benzene rings is 2. The van der Waals surface area contributed by atoms with Crippen LogP contribution in [-0.4, -0.2) is 6.61 Å². The minimum Gasteiger partial charge on any atom is -0.493 e. The summed E-state index contributed by atoms with van der Waals surface area (Å²) in [5.74, 6) is 0.902. The van der Waals surface area contributed by atoms with Crippen LogP contribution in [0.3, 0.4) is 0 Å². The van der Waals surface area contributed by atoms with Crippen molar-refractivity contribution in [2.45, 2.75) is 20.3 Å². The van der Waals surface area contributed by atoms with Gasteiger partial charge in [0.05, 0.1) is 6.61 Å². The number of hydrogen-bond acceptors (Lipinski definition) is 1. The van der Waals surface area contributed by atoms with E-state index in [1.165, 1.54) is 5.56 Å². The first kappa shape index (κ1) is 11.7. The summed E-state index contributed by atoms with van der Waals surface area (Å²) in [5.41, 5.74) is 3.55. The zero-order valence-corrected chi connectivity index (χ0v) is 10.4. The van der Waals surface area contributed by atoms with Crippen LogP contribution in [0.2, 0.25) is 0 Å². The van der Waals surface area contributed by atoms with Crippen LogP contribution in [0.5, 0.6) is 5.75 Å². The maximum atomic E-state index is 5.62. The summed E-state index contributed by atoms with van der Waals surface area (Å²) in [6.07, 6.45) is 1.07. The first-order chi connectivity index (χ1) is 8.35. The lowest BCUT2D eigenvalue weighted by Gasteiger charge is -2.10. The molecule has 17 heavy (non-hydrogen) atoms. The monoisotopic (exact) mass is 225 g/mol. The fraction of sp³-hybridized carbons (Fsp3) is 0.250. The van der Waals surface area contributed by atoms with Crippen LogP contribution < -0.4 is 4.74 Å². The Bertz CT molecular complexity index is 471. The fourth-order valence-corrected chi connectivity index (χ4v) is 1.83. The SMILES string of the molecule is CCOc1ccc[c]c1-c1ccc(CC)cc1. The maximum Gasteiger partial charge on any atom is 0.127 e. The highest BCUT2D eigenvalue weighted by Crippen LogP contribution is 2.29. The number of hydrogen-bond donors (Lipinski definition) is 0. The Morgan fingerprint density at radius 1 is 1.06 bits per heavy atom. The van der Waals surface area contributed by atoms with Crippen LogP contribution in [0, 0.1) is 6.07 Å². The van der Waals surface area contributed by atoms with E-state index in [0.717, 1.165) is 23.3 Å². The summed E-state index contributed by atoms with van der Waals surface area (Å²) in [5, 5.41) is 0. The molecule has 2 rings (SSSR count). The lowest BCUT2D eigenvalue weighted by atomic mass is 10.0. The van der Waals surface area contributed by atoms with E-state index in [0.29, 0.717) is 6.61 Å². The minimum absolute atomic E-state index is 0.678. The molecule has 2 aromatic rings. The molecule has 2 aromatic carbocycles. The van der Waals surface area contributed by atoms with Crippen molar-refractivity contribution < 1.29 is 4.74 Å². The Balaban J connectivity index is 2.37. The second kappa shape index (κ2) is 5.53. The van der Waals surface area contributed by atoms with Crippen molar-refractivity contribution in [3.05, 3.63) is 54.1 Å². The van der Waals surface area contributed by atoms with Gasteiger partial charge in [0, 0.05) is 5.56 Å². The smallest absolute Gasteiger partial charge is 0.127 e. The normalized spacial score (nSPS) is 10.2. The lowest BCUT2D eigenvalue weighted by molar-refractivity contribution is 0.341. The second-order valence-corrected chi connectivity index (χ2v) is 3.89. The average Bonchev–Trinajstić information content (AvgIpc) is 2.40. The summed E-state index contributed by atoms with van der Waals surface area (Å²) in [4.78, 5) is 0. The third-order valence-electron chi connectivity index (χ3n) is 2.77. The molecule has 0 amide bonds. The molecule has 0 unspecified atom stereocenters. The standard InChI is InChI=1S/C16H17O/c1-3-13-9-11-14(12-10-13)15-7-5-6-8-16(15)17-4-2/h5-6,8-12H,3-4H2,1-2H3. The van der Waals surface area contributed by atoms with Gasteiger partial charge in [0.15, 0.2) is 0 Å². The van der Waals surface area contributed by atoms with Crippen molar-refractivity contribution in [3.8, 4) is 16.9 Å². The van der Waals surface area contributed by atoms with Crippen LogP contribution in [-0.2, 0) is 6.42 Å². The van der Waals surface area contributed by atoms with Gasteiger partial charge >= 0.3 is 0 Å². The van der Waals surface area contributed by atoms with Crippen LogP contribution in [0.1, 0.15) is 19.4 Å². The predicted molar refractivity (Wildman–Crippen MR) is 71.3 cm³/mol. The van der Waals surface area contributed by atoms with E-state index in [9.17, 15) is 0 Å². The van der Waals surface area contributed by atoms with E-state index in [1.807, 2.05) is 25.1 Å². The Morgan fingerprint density at radius 3 is 2.47 bits per heavy atom. The minimum atomic E-state index is 0.678. The van der Waals surface area contributed by atoms with Crippen molar-refractivity contribution in [3.63, 3.8) is 0 Å². The van der Waals surface area contributed by atoms with Crippen LogP contribution in [0.4, 0.5) is 0 Å². The molecule has 0 N–H and O–H groups in total. The third kappa shape index (κ3) is 2.68. The molecule has 0 bridgehead atoms. The van der Waals surface area contributed by atoms with Crippen molar-refractivity contribution in [1.82, 2.24) is 0 Å². The molecule has 0 aliphatic rings. The van der Waals surface area contributed by atoms with Crippen molar-refractivity contribution in [1.29, 1.82) is 0 Å². The van der Waals surface area contributed by atoms with Gasteiger partial charge < -0.3 is 4.74 Å². The molecular weight excluding hydrogens is 208 g/mol. The molecule has 1 radical (unpaired) electrons. The molecule has 1 nitrogen and oxygen atoms in total. The molecule has 0 aliphatic carbocycles. The first-order valence-corrected chi connectivity index (χ1v) is 6.08. The first-order valence-electron chi connectivity index (χ1n) is 6.08. The van der Waals surface area contributed by atoms with Gasteiger partial charge in [-0.25, -0.2) is 0 Å². The summed E-state index contributed by atoms with van der Waals surface area (Å²) >= 11 is 0. The molecule has 87 valence electrons. The maximum absolute atomic E-state index is 5.62. The largest absolute Gasteiger partial charge is 0.493 e. The molecule has 0 aromatic heterocycles. The van der Waals surface area contributed by atoms with Crippen molar-refractivity contribution >= 4 is 0 Å². The molecule has 0 aliphatic heterocycles. The van der Waals surface area contributed by atoms with E-state index in [1.54, 1.807) is 0 Å². The van der Waals surface area contributed by atoms with Crippen molar-refractivity contribution in [2.75, 3.05) is 6.61 Å². The zero-order valence-electron chi connectivity index (χ0n) is 10.4. The molecule has 0 atom stereocenters. The zero-order chi connectivity index (χ0) is 12.1. The molecule has 1 heteroatoms. The van der Waals surface area contributed by atoms with Gasteiger partial charge in [0.1, 0.15) is 5.75 Å². The summed E-state index contributed by atoms with van der Waals surface area (Å²) in [6, 6.07) is 17.7. The Labute approximate surface area is 103 Å². The molecule has 0 fully saturated rings. The quantitative estimate of drug-likeness (QED) is 0.760.